The molecule has 0 spiro atoms. The number of β-lactam (4-membered cyclic amide) rings is 1. The van der Waals surface area contributed by atoms with Crippen LogP contribution in [0.3, 0.4) is 0 Å². The molecule has 1 fully saturated rings. The first-order valence-electron chi connectivity index (χ1n) is 16.3. The highest BCUT2D eigenvalue weighted by Crippen LogP contribution is 2.48. The van der Waals surface area contributed by atoms with Crippen molar-refractivity contribution in [1.29, 1.82) is 0 Å². The fourth-order valence-corrected chi connectivity index (χ4v) is 9.03. The second-order valence-electron chi connectivity index (χ2n) is 12.0. The molecule has 4 aromatic carbocycles. The van der Waals surface area contributed by atoms with Crippen molar-refractivity contribution in [2.75, 3.05) is 18.6 Å². The van der Waals surface area contributed by atoms with Gasteiger partial charge in [0.25, 0.3) is 11.8 Å². The van der Waals surface area contributed by atoms with E-state index < -0.39 is 34.6 Å². The number of amides is 2. The largest absolute Gasteiger partial charge is 0.477 e. The van der Waals surface area contributed by atoms with Gasteiger partial charge in [0.2, 0.25) is 0 Å². The van der Waals surface area contributed by atoms with Gasteiger partial charge in [-0.25, -0.2) is 9.78 Å². The van der Waals surface area contributed by atoms with Crippen molar-refractivity contribution in [3.05, 3.63) is 172 Å². The molecule has 5 aromatic rings. The van der Waals surface area contributed by atoms with Crippen molar-refractivity contribution < 1.29 is 24.3 Å². The number of anilines is 1. The predicted octanol–water partition coefficient (Wildman–Crippen LogP) is 5.91. The van der Waals surface area contributed by atoms with Crippen LogP contribution < -0.4 is 11.1 Å². The van der Waals surface area contributed by atoms with Gasteiger partial charge in [-0.2, -0.15) is 0 Å². The molecule has 2 amide bonds. The van der Waals surface area contributed by atoms with Gasteiger partial charge in [-0.05, 0) is 27.8 Å². The molecule has 2 aliphatic heterocycles. The zero-order valence-electron chi connectivity index (χ0n) is 27.9. The number of aromatic nitrogens is 1. The van der Waals surface area contributed by atoms with E-state index in [4.69, 9.17) is 15.6 Å². The van der Waals surface area contributed by atoms with Crippen LogP contribution in [-0.4, -0.2) is 62.8 Å². The average molecular weight is 728 g/mol. The molecule has 0 radical (unpaired) electrons. The average Bonchev–Trinajstić information content (AvgIpc) is 3.57. The summed E-state index contributed by atoms with van der Waals surface area (Å²) in [7, 11) is 1.31. The topological polar surface area (TPSA) is 147 Å². The van der Waals surface area contributed by atoms with Gasteiger partial charge in [0, 0.05) is 5.75 Å². The van der Waals surface area contributed by atoms with E-state index in [2.05, 4.69) is 10.5 Å². The summed E-state index contributed by atoms with van der Waals surface area (Å²) in [5, 5.41) is 17.1. The molecule has 2 aliphatic rings. The minimum Gasteiger partial charge on any atom is -0.477 e. The summed E-state index contributed by atoms with van der Waals surface area (Å²) in [6.07, 6.45) is 3.53. The van der Waals surface area contributed by atoms with Gasteiger partial charge >= 0.3 is 5.97 Å². The summed E-state index contributed by atoms with van der Waals surface area (Å²) >= 11 is 2.60. The monoisotopic (exact) mass is 727 g/mol. The molecule has 10 nitrogen and oxygen atoms in total. The first-order chi connectivity index (χ1) is 25.3. The molecule has 0 saturated carbocycles. The highest BCUT2D eigenvalue weighted by atomic mass is 32.2. The SMILES string of the molecule is CO/N=C(/C(=O)NC1C(=O)N2C(C(=O)O)=C(/C=C/c3ccccc3)CS[C@H]12)c1nc(C(c2ccccc2)(c2ccccc2)c2ccccc2)sc1N. The maximum atomic E-state index is 14.0. The van der Waals surface area contributed by atoms with E-state index in [9.17, 15) is 19.5 Å². The summed E-state index contributed by atoms with van der Waals surface area (Å²) < 4.78 is 0. The highest BCUT2D eigenvalue weighted by molar-refractivity contribution is 8.00. The summed E-state index contributed by atoms with van der Waals surface area (Å²) in [6.45, 7) is 0. The van der Waals surface area contributed by atoms with E-state index in [1.165, 1.54) is 35.1 Å². The van der Waals surface area contributed by atoms with Crippen LogP contribution in [0, 0.1) is 0 Å². The summed E-state index contributed by atoms with van der Waals surface area (Å²) in [5.41, 5.74) is 9.77. The minimum atomic E-state index is -1.22. The molecule has 1 unspecified atom stereocenters. The summed E-state index contributed by atoms with van der Waals surface area (Å²) in [6, 6.07) is 38.3. The van der Waals surface area contributed by atoms with E-state index in [1.807, 2.05) is 127 Å². The first-order valence-corrected chi connectivity index (χ1v) is 18.2. The van der Waals surface area contributed by atoms with Gasteiger partial charge in [0.05, 0.1) is 5.41 Å². The first kappa shape index (κ1) is 34.5. The van der Waals surface area contributed by atoms with Crippen molar-refractivity contribution in [2.45, 2.75) is 16.8 Å². The second kappa shape index (κ2) is 14.7. The van der Waals surface area contributed by atoms with Gasteiger partial charge in [0.15, 0.2) is 5.71 Å². The number of nitrogen functional groups attached to an aromatic ring is 1. The number of carbonyl (C=O) groups is 3. The van der Waals surface area contributed by atoms with Crippen LogP contribution in [-0.2, 0) is 24.6 Å². The van der Waals surface area contributed by atoms with Gasteiger partial charge in [-0.1, -0.05) is 150 Å². The number of allylic oxidation sites excluding steroid dienone is 1. The third kappa shape index (κ3) is 6.16. The Bertz CT molecular complexity index is 2110. The highest BCUT2D eigenvalue weighted by Gasteiger charge is 2.54. The number of oxime groups is 1. The fourth-order valence-electron chi connectivity index (χ4n) is 6.62. The van der Waals surface area contributed by atoms with Gasteiger partial charge in [-0.15, -0.1) is 11.8 Å². The molecule has 1 saturated heterocycles. The second-order valence-corrected chi connectivity index (χ2v) is 14.1. The van der Waals surface area contributed by atoms with Gasteiger partial charge in [0.1, 0.15) is 39.9 Å². The molecule has 4 N–H and O–H groups in total. The number of nitrogens with two attached hydrogens (primary N) is 1. The number of thiazole rings is 1. The number of rotatable bonds is 11. The number of hydrogen-bond acceptors (Lipinski definition) is 9. The third-order valence-electron chi connectivity index (χ3n) is 8.98. The smallest absolute Gasteiger partial charge is 0.352 e. The molecule has 1 aromatic heterocycles. The number of carboxylic acids is 1. The predicted molar refractivity (Wildman–Crippen MR) is 204 cm³/mol. The molecule has 260 valence electrons. The maximum Gasteiger partial charge on any atom is 0.352 e. The number of thioether (sulfide) groups is 1. The van der Waals surface area contributed by atoms with Crippen LogP contribution in [0.5, 0.6) is 0 Å². The van der Waals surface area contributed by atoms with Gasteiger partial charge in [-0.3, -0.25) is 14.5 Å². The number of nitrogens with zero attached hydrogens (tertiary/aromatic N) is 3. The van der Waals surface area contributed by atoms with E-state index in [0.717, 1.165) is 22.3 Å². The fraction of sp³-hybridized carbons (Fsp3) is 0.125. The normalized spacial score (nSPS) is 17.4. The number of aliphatic carboxylic acids is 1. The van der Waals surface area contributed by atoms with Crippen LogP contribution in [0.15, 0.2) is 144 Å². The number of carbonyl (C=O) groups excluding carboxylic acids is 2. The van der Waals surface area contributed by atoms with Crippen molar-refractivity contribution in [3.63, 3.8) is 0 Å². The van der Waals surface area contributed by atoms with E-state index >= 15 is 0 Å². The standard InChI is InChI=1S/C40H33N5O5S2/c1-50-44-31(35(46)42-32-36(47)45-33(38(48)49)26(24-51-37(32)45)23-22-25-14-6-2-7-15-25)30-34(41)52-39(43-30)40(27-16-8-3-9-17-27,28-18-10-4-11-19-28)29-20-12-5-13-21-29/h2-23,32,37H,24,41H2,1H3,(H,42,46)(H,48,49)/b23-22+,44-31+/t32?,37-/m1/s1. The molecule has 2 atom stereocenters. The quantitative estimate of drug-likeness (QED) is 0.0659. The van der Waals surface area contributed by atoms with Crippen LogP contribution >= 0.6 is 23.1 Å². The van der Waals surface area contributed by atoms with E-state index in [0.29, 0.717) is 16.3 Å². The zero-order chi connectivity index (χ0) is 36.2. The number of benzene rings is 4. The lowest BCUT2D eigenvalue weighted by Gasteiger charge is -2.49. The molecule has 12 heteroatoms. The third-order valence-corrected chi connectivity index (χ3v) is 11.3. The summed E-state index contributed by atoms with van der Waals surface area (Å²) in [4.78, 5) is 51.3. The Morgan fingerprint density at radius 2 is 1.44 bits per heavy atom. The zero-order valence-corrected chi connectivity index (χ0v) is 29.5. The molecule has 3 heterocycles. The van der Waals surface area contributed by atoms with Crippen LogP contribution in [0.4, 0.5) is 5.00 Å². The number of nitrogens with one attached hydrogen (secondary N) is 1. The number of carboxylic acid groups (broad SMARTS) is 1. The Labute approximate surface area is 308 Å². The van der Waals surface area contributed by atoms with E-state index in [-0.39, 0.29) is 22.1 Å². The van der Waals surface area contributed by atoms with Crippen LogP contribution in [0.1, 0.15) is 33.0 Å². The lowest BCUT2D eigenvalue weighted by molar-refractivity contribution is -0.150. The van der Waals surface area contributed by atoms with Crippen molar-refractivity contribution in [1.82, 2.24) is 15.2 Å². The molecule has 52 heavy (non-hydrogen) atoms. The molecular formula is C40H33N5O5S2. The summed E-state index contributed by atoms with van der Waals surface area (Å²) in [5.74, 6) is -2.18. The van der Waals surface area contributed by atoms with Gasteiger partial charge < -0.3 is 21.0 Å². The van der Waals surface area contributed by atoms with E-state index in [1.54, 1.807) is 6.08 Å². The minimum absolute atomic E-state index is 0.103. The Hall–Kier alpha value is -5.98. The molecule has 7 rings (SSSR count). The van der Waals surface area contributed by atoms with Crippen molar-refractivity contribution >= 4 is 57.7 Å². The Kier molecular flexibility index (Phi) is 9.75. The lowest BCUT2D eigenvalue weighted by Crippen LogP contribution is -2.71. The maximum absolute atomic E-state index is 14.0. The molecular weight excluding hydrogens is 695 g/mol. The van der Waals surface area contributed by atoms with Crippen LogP contribution in [0.25, 0.3) is 6.08 Å². The Morgan fingerprint density at radius 1 is 0.904 bits per heavy atom. The molecule has 0 bridgehead atoms. The van der Waals surface area contributed by atoms with Crippen LogP contribution in [0.2, 0.25) is 0 Å². The lowest BCUT2D eigenvalue weighted by atomic mass is 9.70. The Balaban J connectivity index is 1.22. The number of fused-ring (bicyclic) bond motifs is 1. The number of hydrogen-bond donors (Lipinski definition) is 3. The van der Waals surface area contributed by atoms with Crippen molar-refractivity contribution in [2.24, 2.45) is 5.16 Å². The molecule has 0 aliphatic carbocycles. The Morgan fingerprint density at radius 3 is 1.96 bits per heavy atom. The van der Waals surface area contributed by atoms with Crippen molar-refractivity contribution in [3.8, 4) is 0 Å².